The molecule has 1 saturated heterocycles. The summed E-state index contributed by atoms with van der Waals surface area (Å²) >= 11 is 11.9. The molecule has 0 bridgehead atoms. The molecule has 34 heavy (non-hydrogen) atoms. The van der Waals surface area contributed by atoms with Crippen molar-refractivity contribution in [3.8, 4) is 0 Å². The largest absolute Gasteiger partial charge is 0.435 e. The Labute approximate surface area is 204 Å². The van der Waals surface area contributed by atoms with Gasteiger partial charge in [0.1, 0.15) is 0 Å². The molecule has 1 unspecified atom stereocenters. The first-order chi connectivity index (χ1) is 15.9. The van der Waals surface area contributed by atoms with Crippen molar-refractivity contribution in [3.63, 3.8) is 0 Å². The molecule has 1 atom stereocenters. The topological polar surface area (TPSA) is 80.5 Å². The smallest absolute Gasteiger partial charge is 0.380 e. The minimum atomic E-state index is -4.81. The minimum Gasteiger partial charge on any atom is -0.380 e. The zero-order valence-electron chi connectivity index (χ0n) is 17.9. The van der Waals surface area contributed by atoms with Crippen molar-refractivity contribution in [2.75, 3.05) is 24.7 Å². The number of carbonyl (C=O) groups excluding carboxylic acids is 1. The molecule has 2 heterocycles. The van der Waals surface area contributed by atoms with Gasteiger partial charge in [-0.1, -0.05) is 44.5 Å². The Morgan fingerprint density at radius 1 is 1.15 bits per heavy atom. The van der Waals surface area contributed by atoms with Gasteiger partial charge < -0.3 is 14.1 Å². The van der Waals surface area contributed by atoms with Gasteiger partial charge in [0.15, 0.2) is 0 Å². The minimum absolute atomic E-state index is 0.0414. The number of rotatable bonds is 3. The molecule has 0 aromatic heterocycles. The van der Waals surface area contributed by atoms with Crippen LogP contribution in [0, 0.1) is 6.92 Å². The van der Waals surface area contributed by atoms with Gasteiger partial charge in [-0.2, -0.15) is 17.5 Å². The monoisotopic (exact) mass is 536 g/mol. The fourth-order valence-corrected chi connectivity index (χ4v) is 6.13. The lowest BCUT2D eigenvalue weighted by Crippen LogP contribution is -2.42. The summed E-state index contributed by atoms with van der Waals surface area (Å²) in [6, 6.07) is 8.14. The van der Waals surface area contributed by atoms with Gasteiger partial charge in [0.2, 0.25) is 0 Å². The Hall–Kier alpha value is -1.98. The second-order valence-corrected chi connectivity index (χ2v) is 11.9. The fraction of sp³-hybridized carbons (Fsp3) is 0.364. The molecule has 2 aliphatic heterocycles. The number of thiol groups is 1. The summed E-state index contributed by atoms with van der Waals surface area (Å²) in [7, 11) is -2.76. The fourth-order valence-electron chi connectivity index (χ4n) is 3.89. The van der Waals surface area contributed by atoms with Crippen LogP contribution in [0.15, 0.2) is 45.9 Å². The molecule has 0 spiro atoms. The molecule has 12 heteroatoms. The van der Waals surface area contributed by atoms with Crippen LogP contribution < -0.4 is 0 Å². The maximum absolute atomic E-state index is 14.2. The van der Waals surface area contributed by atoms with E-state index < -0.39 is 34.2 Å². The maximum atomic E-state index is 14.2. The first kappa shape index (κ1) is 25.1. The maximum Gasteiger partial charge on any atom is 0.435 e. The summed E-state index contributed by atoms with van der Waals surface area (Å²) in [6.45, 7) is 2.33. The molecule has 1 N–H and O–H groups in total. The number of halogens is 5. The number of aryl methyl sites for hydroxylation is 1. The van der Waals surface area contributed by atoms with Crippen LogP contribution >= 0.6 is 23.2 Å². The molecule has 2 aromatic carbocycles. The Bertz CT molecular complexity index is 1200. The number of ether oxygens (including phenoxy) is 1. The standard InChI is InChI=1S/C22H21Cl2F3N2O4S/c1-13-8-14(2-3-18(13)20(30)29-34(31)6-4-32-5-7-34)19-12-21(33-28-19,22(25,26)27)15-9-16(23)11-17(24)10-15/h2-3,8-11,34H,4-7,12H2,1H3,(H,29,30,31). The zero-order valence-corrected chi connectivity index (χ0v) is 20.3. The van der Waals surface area contributed by atoms with Crippen molar-refractivity contribution in [3.05, 3.63) is 68.7 Å². The summed E-state index contributed by atoms with van der Waals surface area (Å²) < 4.78 is 62.4. The van der Waals surface area contributed by atoms with E-state index >= 15 is 0 Å². The third kappa shape index (κ3) is 4.87. The van der Waals surface area contributed by atoms with Gasteiger partial charge in [-0.3, -0.25) is 4.79 Å². The summed E-state index contributed by atoms with van der Waals surface area (Å²) in [4.78, 5) is 17.7. The number of benzene rings is 2. The number of hydrogen-bond acceptors (Lipinski definition) is 4. The molecule has 2 aliphatic rings. The molecule has 0 aliphatic carbocycles. The zero-order chi connectivity index (χ0) is 24.7. The van der Waals surface area contributed by atoms with Crippen molar-refractivity contribution in [2.24, 2.45) is 9.52 Å². The van der Waals surface area contributed by atoms with Crippen LogP contribution in [0.4, 0.5) is 13.2 Å². The van der Waals surface area contributed by atoms with Crippen LogP contribution in [-0.4, -0.2) is 47.1 Å². The average Bonchev–Trinajstić information content (AvgIpc) is 3.20. The molecule has 0 saturated carbocycles. The van der Waals surface area contributed by atoms with Crippen LogP contribution in [0.25, 0.3) is 0 Å². The Kier molecular flexibility index (Phi) is 6.82. The number of amides is 1. The molecular weight excluding hydrogens is 516 g/mol. The van der Waals surface area contributed by atoms with E-state index in [0.717, 1.165) is 12.1 Å². The van der Waals surface area contributed by atoms with Gasteiger partial charge in [-0.15, -0.1) is 0 Å². The molecule has 6 nitrogen and oxygen atoms in total. The van der Waals surface area contributed by atoms with Crippen molar-refractivity contribution in [2.45, 2.75) is 25.1 Å². The van der Waals surface area contributed by atoms with Gasteiger partial charge in [-0.05, 0) is 48.4 Å². The third-order valence-electron chi connectivity index (χ3n) is 5.77. The van der Waals surface area contributed by atoms with E-state index in [4.69, 9.17) is 32.8 Å². The number of hydrogen-bond donors (Lipinski definition) is 2. The Morgan fingerprint density at radius 3 is 2.38 bits per heavy atom. The highest BCUT2D eigenvalue weighted by atomic mass is 35.5. The Balaban J connectivity index is 1.63. The lowest BCUT2D eigenvalue weighted by atomic mass is 9.86. The average molecular weight is 537 g/mol. The molecule has 0 radical (unpaired) electrons. The normalized spacial score (nSPS) is 23.1. The van der Waals surface area contributed by atoms with E-state index in [2.05, 4.69) is 9.52 Å². The van der Waals surface area contributed by atoms with Crippen molar-refractivity contribution < 1.29 is 32.1 Å². The van der Waals surface area contributed by atoms with Gasteiger partial charge >= 0.3 is 6.18 Å². The molecular formula is C22H21Cl2F3N2O4S. The lowest BCUT2D eigenvalue weighted by molar-refractivity contribution is -0.275. The first-order valence-electron chi connectivity index (χ1n) is 10.3. The van der Waals surface area contributed by atoms with Crippen LogP contribution in [0.5, 0.6) is 0 Å². The molecule has 4 rings (SSSR count). The summed E-state index contributed by atoms with van der Waals surface area (Å²) in [5.74, 6) is 0.0679. The second-order valence-electron chi connectivity index (χ2n) is 8.16. The summed E-state index contributed by atoms with van der Waals surface area (Å²) in [6.07, 6.45) is -5.41. The van der Waals surface area contributed by atoms with Crippen molar-refractivity contribution >= 4 is 44.9 Å². The molecule has 1 amide bonds. The van der Waals surface area contributed by atoms with E-state index in [1.165, 1.54) is 18.2 Å². The van der Waals surface area contributed by atoms with E-state index in [9.17, 15) is 22.5 Å². The first-order valence-corrected chi connectivity index (χ1v) is 13.1. The quantitative estimate of drug-likeness (QED) is 0.500. The van der Waals surface area contributed by atoms with Crippen LogP contribution in [0.3, 0.4) is 0 Å². The molecule has 1 fully saturated rings. The predicted molar refractivity (Wildman–Crippen MR) is 126 cm³/mol. The van der Waals surface area contributed by atoms with Gasteiger partial charge in [-0.25, -0.2) is 0 Å². The van der Waals surface area contributed by atoms with Crippen LogP contribution in [0.2, 0.25) is 10.0 Å². The van der Waals surface area contributed by atoms with E-state index in [0.29, 0.717) is 35.8 Å². The van der Waals surface area contributed by atoms with Crippen molar-refractivity contribution in [1.29, 1.82) is 0 Å². The van der Waals surface area contributed by atoms with Gasteiger partial charge in [0.05, 0.1) is 18.9 Å². The van der Waals surface area contributed by atoms with E-state index in [1.807, 2.05) is 0 Å². The number of alkyl halides is 3. The van der Waals surface area contributed by atoms with E-state index in [-0.39, 0.29) is 26.9 Å². The number of carbonyl (C=O) groups is 1. The Morgan fingerprint density at radius 2 is 1.79 bits per heavy atom. The number of oxime groups is 1. The highest BCUT2D eigenvalue weighted by Gasteiger charge is 2.62. The number of nitrogens with zero attached hydrogens (tertiary/aromatic N) is 2. The lowest BCUT2D eigenvalue weighted by Gasteiger charge is -2.29. The van der Waals surface area contributed by atoms with Gasteiger partial charge in [0, 0.05) is 39.1 Å². The summed E-state index contributed by atoms with van der Waals surface area (Å²) in [5, 5.41) is 3.82. The van der Waals surface area contributed by atoms with Crippen LogP contribution in [0.1, 0.15) is 33.5 Å². The third-order valence-corrected chi connectivity index (χ3v) is 8.56. The molecule has 184 valence electrons. The predicted octanol–water partition coefficient (Wildman–Crippen LogP) is 5.60. The van der Waals surface area contributed by atoms with E-state index in [1.54, 1.807) is 13.0 Å². The molecule has 2 aromatic rings. The van der Waals surface area contributed by atoms with Gasteiger partial charge in [0.25, 0.3) is 11.5 Å². The highest BCUT2D eigenvalue weighted by molar-refractivity contribution is 8.00. The summed E-state index contributed by atoms with van der Waals surface area (Å²) in [5.41, 5.74) is -1.83. The van der Waals surface area contributed by atoms with Crippen LogP contribution in [-0.2, 0) is 25.3 Å². The second kappa shape index (κ2) is 9.23. The SMILES string of the molecule is Cc1cc(C2=NOC(c3cc(Cl)cc(Cl)c3)(C(F)(F)F)C2)ccc1C(=O)N=[SH]1(O)CCOCC1. The highest BCUT2D eigenvalue weighted by Crippen LogP contribution is 2.49. The van der Waals surface area contributed by atoms with Crippen molar-refractivity contribution in [1.82, 2.24) is 0 Å².